The van der Waals surface area contributed by atoms with Gasteiger partial charge in [0.1, 0.15) is 0 Å². The van der Waals surface area contributed by atoms with Gasteiger partial charge in [0.05, 0.1) is 11.6 Å². The summed E-state index contributed by atoms with van der Waals surface area (Å²) in [5, 5.41) is 9.98. The van der Waals surface area contributed by atoms with Crippen molar-refractivity contribution in [3.05, 3.63) is 5.82 Å². The number of nitrogens with zero attached hydrogens (tertiary/aromatic N) is 5. The van der Waals surface area contributed by atoms with Crippen molar-refractivity contribution in [1.82, 2.24) is 19.9 Å². The van der Waals surface area contributed by atoms with Gasteiger partial charge in [0.25, 0.3) is 0 Å². The molecule has 1 heterocycles. The molecule has 3 N–H and O–H groups in total. The molecule has 0 saturated heterocycles. The van der Waals surface area contributed by atoms with Crippen molar-refractivity contribution in [2.45, 2.75) is 39.3 Å². The molecule has 0 radical (unpaired) electrons. The van der Waals surface area contributed by atoms with E-state index in [-0.39, 0.29) is 12.0 Å². The highest BCUT2D eigenvalue weighted by Crippen LogP contribution is 2.20. The highest BCUT2D eigenvalue weighted by molar-refractivity contribution is 5.33. The lowest BCUT2D eigenvalue weighted by Gasteiger charge is -2.32. The predicted octanol–water partition coefficient (Wildman–Crippen LogP) is 0.674. The molecule has 0 aliphatic rings. The maximum Gasteiger partial charge on any atom is 0.229 e. The first-order valence-electron chi connectivity index (χ1n) is 6.79. The highest BCUT2D eigenvalue weighted by atomic mass is 16.3. The van der Waals surface area contributed by atoms with Gasteiger partial charge in [-0.25, -0.2) is 0 Å². The first kappa shape index (κ1) is 16.6. The van der Waals surface area contributed by atoms with Crippen molar-refractivity contribution < 1.29 is 5.11 Å². The second-order valence-corrected chi connectivity index (χ2v) is 5.80. The highest BCUT2D eigenvalue weighted by Gasteiger charge is 2.24. The SMILES string of the molecule is CCN(CC(C)(C)O)C(C)c1nc(N)nc(N(C)C)n1. The molecule has 0 aliphatic heterocycles. The Morgan fingerprint density at radius 3 is 2.30 bits per heavy atom. The number of likely N-dealkylation sites (N-methyl/N-ethyl adjacent to an activating group) is 1. The molecule has 1 rings (SSSR count). The Labute approximate surface area is 120 Å². The molecule has 1 aromatic rings. The van der Waals surface area contributed by atoms with Gasteiger partial charge in [-0.3, -0.25) is 4.90 Å². The van der Waals surface area contributed by atoms with Crippen molar-refractivity contribution in [2.24, 2.45) is 0 Å². The van der Waals surface area contributed by atoms with Crippen LogP contribution in [0.15, 0.2) is 0 Å². The Hall–Kier alpha value is -1.47. The van der Waals surface area contributed by atoms with Crippen LogP contribution < -0.4 is 10.6 Å². The number of rotatable bonds is 6. The van der Waals surface area contributed by atoms with Crippen LogP contribution in [-0.2, 0) is 0 Å². The summed E-state index contributed by atoms with van der Waals surface area (Å²) in [6.45, 7) is 8.94. The Morgan fingerprint density at radius 1 is 1.25 bits per heavy atom. The molecular weight excluding hydrogens is 256 g/mol. The van der Waals surface area contributed by atoms with Crippen LogP contribution in [0.1, 0.15) is 39.6 Å². The van der Waals surface area contributed by atoms with Crippen LogP contribution in [0.4, 0.5) is 11.9 Å². The van der Waals surface area contributed by atoms with E-state index in [2.05, 4.69) is 19.9 Å². The fourth-order valence-electron chi connectivity index (χ4n) is 1.97. The zero-order chi connectivity index (χ0) is 15.5. The van der Waals surface area contributed by atoms with Crippen LogP contribution in [0, 0.1) is 0 Å². The molecule has 0 aliphatic carbocycles. The number of aliphatic hydroxyl groups is 1. The quantitative estimate of drug-likeness (QED) is 0.792. The van der Waals surface area contributed by atoms with Crippen LogP contribution in [0.25, 0.3) is 0 Å². The first-order chi connectivity index (χ1) is 9.14. The normalized spacial score (nSPS) is 13.6. The summed E-state index contributed by atoms with van der Waals surface area (Å²) in [5.41, 5.74) is 4.98. The van der Waals surface area contributed by atoms with Crippen LogP contribution >= 0.6 is 0 Å². The summed E-state index contributed by atoms with van der Waals surface area (Å²) < 4.78 is 0. The third kappa shape index (κ3) is 4.57. The van der Waals surface area contributed by atoms with Crippen molar-refractivity contribution in [1.29, 1.82) is 0 Å². The molecule has 0 aromatic carbocycles. The molecular formula is C13H26N6O. The molecule has 20 heavy (non-hydrogen) atoms. The van der Waals surface area contributed by atoms with E-state index in [0.717, 1.165) is 6.54 Å². The van der Waals surface area contributed by atoms with E-state index in [1.54, 1.807) is 18.7 Å². The summed E-state index contributed by atoms with van der Waals surface area (Å²) >= 11 is 0. The molecule has 0 saturated carbocycles. The van der Waals surface area contributed by atoms with Crippen molar-refractivity contribution in [3.8, 4) is 0 Å². The summed E-state index contributed by atoms with van der Waals surface area (Å²) in [7, 11) is 3.72. The van der Waals surface area contributed by atoms with Crippen LogP contribution in [-0.4, -0.2) is 57.7 Å². The van der Waals surface area contributed by atoms with E-state index in [4.69, 9.17) is 5.73 Å². The van der Waals surface area contributed by atoms with E-state index >= 15 is 0 Å². The van der Waals surface area contributed by atoms with Gasteiger partial charge in [-0.1, -0.05) is 6.92 Å². The monoisotopic (exact) mass is 282 g/mol. The maximum absolute atomic E-state index is 9.98. The third-order valence-corrected chi connectivity index (χ3v) is 2.98. The molecule has 0 amide bonds. The topological polar surface area (TPSA) is 91.4 Å². The van der Waals surface area contributed by atoms with E-state index < -0.39 is 5.60 Å². The minimum atomic E-state index is -0.771. The van der Waals surface area contributed by atoms with Crippen LogP contribution in [0.2, 0.25) is 0 Å². The standard InChI is InChI=1S/C13H26N6O/c1-7-19(8-13(3,4)20)9(2)10-15-11(14)17-12(16-10)18(5)6/h9,20H,7-8H2,1-6H3,(H2,14,15,16,17). The number of hydrogen-bond acceptors (Lipinski definition) is 7. The van der Waals surface area contributed by atoms with Gasteiger partial charge >= 0.3 is 0 Å². The fourth-order valence-corrected chi connectivity index (χ4v) is 1.97. The summed E-state index contributed by atoms with van der Waals surface area (Å²) in [6.07, 6.45) is 0. The molecule has 1 atom stereocenters. The minimum Gasteiger partial charge on any atom is -0.389 e. The Kier molecular flexibility index (Phi) is 5.24. The van der Waals surface area contributed by atoms with Gasteiger partial charge < -0.3 is 15.7 Å². The number of nitrogen functional groups attached to an aromatic ring is 1. The van der Waals surface area contributed by atoms with Crippen molar-refractivity contribution in [2.75, 3.05) is 37.8 Å². The van der Waals surface area contributed by atoms with Crippen molar-refractivity contribution >= 4 is 11.9 Å². The third-order valence-electron chi connectivity index (χ3n) is 2.98. The Balaban J connectivity index is 3.03. The lowest BCUT2D eigenvalue weighted by molar-refractivity contribution is 0.0237. The number of anilines is 2. The molecule has 0 spiro atoms. The first-order valence-corrected chi connectivity index (χ1v) is 6.79. The molecule has 0 fully saturated rings. The van der Waals surface area contributed by atoms with Gasteiger partial charge in [0.2, 0.25) is 11.9 Å². The van der Waals surface area contributed by atoms with Crippen LogP contribution in [0.3, 0.4) is 0 Å². The van der Waals surface area contributed by atoms with Gasteiger partial charge in [-0.05, 0) is 27.3 Å². The summed E-state index contributed by atoms with van der Waals surface area (Å²) in [5.74, 6) is 1.37. The summed E-state index contributed by atoms with van der Waals surface area (Å²) in [6, 6.07) is -0.0459. The maximum atomic E-state index is 9.98. The fraction of sp³-hybridized carbons (Fsp3) is 0.769. The lowest BCUT2D eigenvalue weighted by atomic mass is 10.1. The lowest BCUT2D eigenvalue weighted by Crippen LogP contribution is -2.40. The minimum absolute atomic E-state index is 0.0459. The second kappa shape index (κ2) is 6.32. The number of nitrogens with two attached hydrogens (primary N) is 1. The van der Waals surface area contributed by atoms with Gasteiger partial charge in [-0.15, -0.1) is 0 Å². The van der Waals surface area contributed by atoms with E-state index in [1.165, 1.54) is 0 Å². The summed E-state index contributed by atoms with van der Waals surface area (Å²) in [4.78, 5) is 16.6. The number of aromatic nitrogens is 3. The van der Waals surface area contributed by atoms with Gasteiger partial charge in [0, 0.05) is 20.6 Å². The second-order valence-electron chi connectivity index (χ2n) is 5.80. The zero-order valence-electron chi connectivity index (χ0n) is 13.3. The van der Waals surface area contributed by atoms with Gasteiger partial charge in [-0.2, -0.15) is 15.0 Å². The Morgan fingerprint density at radius 2 is 1.85 bits per heavy atom. The van der Waals surface area contributed by atoms with E-state index in [0.29, 0.717) is 18.3 Å². The average molecular weight is 282 g/mol. The van der Waals surface area contributed by atoms with Gasteiger partial charge in [0.15, 0.2) is 5.82 Å². The molecule has 7 heteroatoms. The smallest absolute Gasteiger partial charge is 0.229 e. The average Bonchev–Trinajstić information content (AvgIpc) is 2.33. The largest absolute Gasteiger partial charge is 0.389 e. The van der Waals surface area contributed by atoms with Crippen LogP contribution in [0.5, 0.6) is 0 Å². The molecule has 114 valence electrons. The molecule has 7 nitrogen and oxygen atoms in total. The zero-order valence-corrected chi connectivity index (χ0v) is 13.3. The van der Waals surface area contributed by atoms with E-state index in [9.17, 15) is 5.11 Å². The predicted molar refractivity (Wildman–Crippen MR) is 80.5 cm³/mol. The van der Waals surface area contributed by atoms with E-state index in [1.807, 2.05) is 27.9 Å². The molecule has 1 aromatic heterocycles. The number of hydrogen-bond donors (Lipinski definition) is 2. The molecule has 0 bridgehead atoms. The van der Waals surface area contributed by atoms with Crippen molar-refractivity contribution in [3.63, 3.8) is 0 Å². The molecule has 1 unspecified atom stereocenters. The Bertz CT molecular complexity index is 443.